The molecule has 1 saturated carbocycles. The summed E-state index contributed by atoms with van der Waals surface area (Å²) >= 11 is 0. The van der Waals surface area contributed by atoms with Gasteiger partial charge in [0.05, 0.1) is 0 Å². The molecule has 1 aliphatic carbocycles. The molecule has 0 aliphatic heterocycles. The van der Waals surface area contributed by atoms with Crippen LogP contribution in [0, 0.1) is 0 Å². The zero-order valence-electron chi connectivity index (χ0n) is 7.34. The first-order valence-corrected chi connectivity index (χ1v) is 4.03. The quantitative estimate of drug-likeness (QED) is 0.753. The summed E-state index contributed by atoms with van der Waals surface area (Å²) < 4.78 is 85.0. The molecular weight excluding hydrogens is 231 g/mol. The molecule has 0 radical (unpaired) electrons. The largest absolute Gasteiger partial charge is 0.459 e. The molecule has 0 saturated heterocycles. The molecular formula is C7H8F7N. The standard InChI is InChI=1S/C7H8F7N/c8-5(9,3-4(15)1-2-4)6(10,11)7(12,13)14/h1-3,15H2. The Kier molecular flexibility index (Phi) is 2.50. The summed E-state index contributed by atoms with van der Waals surface area (Å²) in [6.07, 6.45) is -7.83. The van der Waals surface area contributed by atoms with E-state index >= 15 is 0 Å². The summed E-state index contributed by atoms with van der Waals surface area (Å²) in [5.41, 5.74) is 3.52. The van der Waals surface area contributed by atoms with Gasteiger partial charge < -0.3 is 5.73 Å². The molecule has 0 aromatic carbocycles. The first kappa shape index (κ1) is 12.5. The Morgan fingerprint density at radius 2 is 1.33 bits per heavy atom. The minimum Gasteiger partial charge on any atom is -0.325 e. The second-order valence-corrected chi connectivity index (χ2v) is 3.82. The van der Waals surface area contributed by atoms with Gasteiger partial charge in [-0.25, -0.2) is 0 Å². The smallest absolute Gasteiger partial charge is 0.325 e. The minimum atomic E-state index is -6.26. The van der Waals surface area contributed by atoms with Gasteiger partial charge in [-0.2, -0.15) is 30.7 Å². The average Bonchev–Trinajstić information content (AvgIpc) is 2.63. The summed E-state index contributed by atoms with van der Waals surface area (Å²) in [5, 5.41) is 0. The number of hydrogen-bond donors (Lipinski definition) is 1. The number of halogens is 7. The molecule has 15 heavy (non-hydrogen) atoms. The van der Waals surface area contributed by atoms with Crippen molar-refractivity contribution < 1.29 is 30.7 Å². The maximum absolute atomic E-state index is 12.7. The van der Waals surface area contributed by atoms with Gasteiger partial charge in [0.25, 0.3) is 0 Å². The molecule has 0 amide bonds. The monoisotopic (exact) mass is 239 g/mol. The summed E-state index contributed by atoms with van der Waals surface area (Å²) in [6, 6.07) is 0. The van der Waals surface area contributed by atoms with Crippen LogP contribution in [0.25, 0.3) is 0 Å². The van der Waals surface area contributed by atoms with Crippen LogP contribution in [-0.2, 0) is 0 Å². The van der Waals surface area contributed by atoms with Crippen LogP contribution < -0.4 is 5.73 Å². The van der Waals surface area contributed by atoms with Crippen molar-refractivity contribution in [2.24, 2.45) is 5.73 Å². The van der Waals surface area contributed by atoms with Gasteiger partial charge >= 0.3 is 18.0 Å². The van der Waals surface area contributed by atoms with E-state index in [0.29, 0.717) is 0 Å². The molecule has 8 heteroatoms. The molecule has 1 aliphatic rings. The number of alkyl halides is 7. The van der Waals surface area contributed by atoms with E-state index in [2.05, 4.69) is 0 Å². The Bertz CT molecular complexity index is 253. The number of nitrogens with two attached hydrogens (primary N) is 1. The molecule has 1 rings (SSSR count). The van der Waals surface area contributed by atoms with Gasteiger partial charge in [0, 0.05) is 12.0 Å². The Labute approximate surface area is 80.4 Å². The summed E-state index contributed by atoms with van der Waals surface area (Å²) in [7, 11) is 0. The van der Waals surface area contributed by atoms with Crippen LogP contribution in [0.15, 0.2) is 0 Å². The molecule has 0 atom stereocenters. The molecule has 1 fully saturated rings. The molecule has 0 unspecified atom stereocenters. The normalized spacial score (nSPS) is 21.6. The van der Waals surface area contributed by atoms with Gasteiger partial charge in [0.15, 0.2) is 0 Å². The van der Waals surface area contributed by atoms with Crippen LogP contribution in [-0.4, -0.2) is 23.6 Å². The van der Waals surface area contributed by atoms with Crippen molar-refractivity contribution in [3.8, 4) is 0 Å². The molecule has 2 N–H and O–H groups in total. The van der Waals surface area contributed by atoms with E-state index in [1.165, 1.54) is 0 Å². The van der Waals surface area contributed by atoms with Crippen molar-refractivity contribution >= 4 is 0 Å². The van der Waals surface area contributed by atoms with Crippen LogP contribution in [0.4, 0.5) is 30.7 Å². The average molecular weight is 239 g/mol. The third-order valence-electron chi connectivity index (χ3n) is 2.28. The van der Waals surface area contributed by atoms with Gasteiger partial charge in [0.2, 0.25) is 0 Å². The first-order valence-electron chi connectivity index (χ1n) is 4.03. The van der Waals surface area contributed by atoms with Crippen LogP contribution in [0.3, 0.4) is 0 Å². The third kappa shape index (κ3) is 2.19. The van der Waals surface area contributed by atoms with Gasteiger partial charge in [-0.15, -0.1) is 0 Å². The fourth-order valence-corrected chi connectivity index (χ4v) is 1.10. The first-order chi connectivity index (χ1) is 6.41. The zero-order valence-corrected chi connectivity index (χ0v) is 7.34. The van der Waals surface area contributed by atoms with E-state index in [9.17, 15) is 30.7 Å². The highest BCUT2D eigenvalue weighted by Gasteiger charge is 2.74. The Morgan fingerprint density at radius 1 is 0.933 bits per heavy atom. The lowest BCUT2D eigenvalue weighted by Crippen LogP contribution is -2.54. The van der Waals surface area contributed by atoms with E-state index in [0.717, 1.165) is 0 Å². The predicted molar refractivity (Wildman–Crippen MR) is 36.7 cm³/mol. The lowest BCUT2D eigenvalue weighted by atomic mass is 10.0. The van der Waals surface area contributed by atoms with Crippen LogP contribution in [0.5, 0.6) is 0 Å². The molecule has 90 valence electrons. The van der Waals surface area contributed by atoms with Crippen molar-refractivity contribution in [1.29, 1.82) is 0 Å². The van der Waals surface area contributed by atoms with Crippen molar-refractivity contribution in [3.63, 3.8) is 0 Å². The van der Waals surface area contributed by atoms with Crippen molar-refractivity contribution in [2.75, 3.05) is 0 Å². The van der Waals surface area contributed by atoms with E-state index < -0.39 is 30.0 Å². The Hall–Kier alpha value is -0.530. The summed E-state index contributed by atoms with van der Waals surface area (Å²) in [5.74, 6) is -11.2. The summed E-state index contributed by atoms with van der Waals surface area (Å²) in [4.78, 5) is 0. The maximum Gasteiger partial charge on any atom is 0.459 e. The Morgan fingerprint density at radius 3 is 1.60 bits per heavy atom. The number of rotatable bonds is 3. The van der Waals surface area contributed by atoms with E-state index in [4.69, 9.17) is 5.73 Å². The van der Waals surface area contributed by atoms with Gasteiger partial charge in [-0.3, -0.25) is 0 Å². The van der Waals surface area contributed by atoms with E-state index in [1.54, 1.807) is 0 Å². The molecule has 1 nitrogen and oxygen atoms in total. The van der Waals surface area contributed by atoms with Gasteiger partial charge in [-0.05, 0) is 12.8 Å². The lowest BCUT2D eigenvalue weighted by Gasteiger charge is -2.29. The zero-order chi connectivity index (χ0) is 12.1. The third-order valence-corrected chi connectivity index (χ3v) is 2.28. The van der Waals surface area contributed by atoms with Crippen LogP contribution in [0.2, 0.25) is 0 Å². The van der Waals surface area contributed by atoms with E-state index in [1.807, 2.05) is 0 Å². The van der Waals surface area contributed by atoms with Gasteiger partial charge in [0.1, 0.15) is 0 Å². The maximum atomic E-state index is 12.7. The van der Waals surface area contributed by atoms with Crippen LogP contribution >= 0.6 is 0 Å². The Balaban J connectivity index is 2.84. The summed E-state index contributed by atoms with van der Waals surface area (Å²) in [6.45, 7) is 0. The predicted octanol–water partition coefficient (Wildman–Crippen LogP) is 2.70. The number of hydrogen-bond acceptors (Lipinski definition) is 1. The highest BCUT2D eigenvalue weighted by molar-refractivity contribution is 5.06. The van der Waals surface area contributed by atoms with Crippen molar-refractivity contribution in [1.82, 2.24) is 0 Å². The fraction of sp³-hybridized carbons (Fsp3) is 1.00. The SMILES string of the molecule is NC1(CC(F)(F)C(F)(F)C(F)(F)F)CC1. The highest BCUT2D eigenvalue weighted by Crippen LogP contribution is 2.52. The molecule has 0 heterocycles. The fourth-order valence-electron chi connectivity index (χ4n) is 1.10. The molecule has 0 aromatic rings. The van der Waals surface area contributed by atoms with Crippen LogP contribution in [0.1, 0.15) is 19.3 Å². The lowest BCUT2D eigenvalue weighted by molar-refractivity contribution is -0.356. The topological polar surface area (TPSA) is 26.0 Å². The molecule has 0 aromatic heterocycles. The van der Waals surface area contributed by atoms with Crippen molar-refractivity contribution in [2.45, 2.75) is 42.8 Å². The molecule has 0 bridgehead atoms. The highest BCUT2D eigenvalue weighted by atomic mass is 19.4. The second-order valence-electron chi connectivity index (χ2n) is 3.82. The minimum absolute atomic E-state index is 0.0382. The van der Waals surface area contributed by atoms with Crippen molar-refractivity contribution in [3.05, 3.63) is 0 Å². The molecule has 0 spiro atoms. The van der Waals surface area contributed by atoms with E-state index in [-0.39, 0.29) is 12.8 Å². The second kappa shape index (κ2) is 2.99. The van der Waals surface area contributed by atoms with Gasteiger partial charge in [-0.1, -0.05) is 0 Å².